The summed E-state index contributed by atoms with van der Waals surface area (Å²) in [6, 6.07) is 0. The molecule has 1 rings (SSSR count). The average molecular weight is 185 g/mol. The van der Waals surface area contributed by atoms with Crippen molar-refractivity contribution in [3.8, 4) is 0 Å². The Bertz CT molecular complexity index is 222. The molecular weight excluding hydrogens is 170 g/mol. The first-order valence-corrected chi connectivity index (χ1v) is 4.96. The van der Waals surface area contributed by atoms with Gasteiger partial charge in [-0.2, -0.15) is 0 Å². The van der Waals surface area contributed by atoms with Gasteiger partial charge in [0.1, 0.15) is 0 Å². The summed E-state index contributed by atoms with van der Waals surface area (Å²) in [6.45, 7) is 4.70. The van der Waals surface area contributed by atoms with Crippen molar-refractivity contribution < 1.29 is 0 Å². The Balaban J connectivity index is 2.15. The van der Waals surface area contributed by atoms with E-state index in [0.717, 1.165) is 31.1 Å². The van der Waals surface area contributed by atoms with Gasteiger partial charge >= 0.3 is 0 Å². The largest absolute Gasteiger partial charge is 0.330 e. The van der Waals surface area contributed by atoms with Gasteiger partial charge in [-0.05, 0) is 26.4 Å². The predicted octanol–water partition coefficient (Wildman–Crippen LogP) is 0.890. The molecule has 0 saturated heterocycles. The average Bonchev–Trinajstić information content (AvgIpc) is 2.45. The Morgan fingerprint density at radius 2 is 2.50 bits per heavy atom. The van der Waals surface area contributed by atoms with Gasteiger partial charge in [0.15, 0.2) is 0 Å². The highest BCUT2D eigenvalue weighted by Crippen LogP contribution is 2.10. The summed E-state index contributed by atoms with van der Waals surface area (Å²) in [5, 5.41) is 4.44. The fourth-order valence-corrected chi connectivity index (χ4v) is 1.69. The van der Waals surface area contributed by atoms with Crippen LogP contribution in [-0.4, -0.2) is 18.1 Å². The SMILES string of the molecule is Cc1ncc(CNCCCN)s1. The zero-order chi connectivity index (χ0) is 8.81. The van der Waals surface area contributed by atoms with Gasteiger partial charge in [0.2, 0.25) is 0 Å². The third-order valence-electron chi connectivity index (χ3n) is 1.53. The molecule has 1 aromatic rings. The van der Waals surface area contributed by atoms with Gasteiger partial charge in [0, 0.05) is 17.6 Å². The van der Waals surface area contributed by atoms with Gasteiger partial charge in [-0.15, -0.1) is 11.3 Å². The highest BCUT2D eigenvalue weighted by atomic mass is 32.1. The van der Waals surface area contributed by atoms with Crippen LogP contribution < -0.4 is 11.1 Å². The molecule has 3 nitrogen and oxygen atoms in total. The third-order valence-corrected chi connectivity index (χ3v) is 2.44. The van der Waals surface area contributed by atoms with Crippen LogP contribution in [-0.2, 0) is 6.54 Å². The van der Waals surface area contributed by atoms with Gasteiger partial charge in [0.25, 0.3) is 0 Å². The molecule has 0 aliphatic carbocycles. The minimum absolute atomic E-state index is 0.759. The van der Waals surface area contributed by atoms with E-state index < -0.39 is 0 Å². The van der Waals surface area contributed by atoms with E-state index in [1.807, 2.05) is 13.1 Å². The van der Waals surface area contributed by atoms with Gasteiger partial charge < -0.3 is 11.1 Å². The molecular formula is C8H15N3S. The van der Waals surface area contributed by atoms with Crippen molar-refractivity contribution in [2.24, 2.45) is 5.73 Å². The smallest absolute Gasteiger partial charge is 0.0897 e. The first-order chi connectivity index (χ1) is 5.83. The van der Waals surface area contributed by atoms with Crippen LogP contribution in [0.25, 0.3) is 0 Å². The molecule has 68 valence electrons. The normalized spacial score (nSPS) is 10.5. The van der Waals surface area contributed by atoms with E-state index in [9.17, 15) is 0 Å². The summed E-state index contributed by atoms with van der Waals surface area (Å²) < 4.78 is 0. The standard InChI is InChI=1S/C8H15N3S/c1-7-11-6-8(12-7)5-10-4-2-3-9/h6,10H,2-5,9H2,1H3. The number of hydrogen-bond donors (Lipinski definition) is 2. The second kappa shape index (κ2) is 5.24. The van der Waals surface area contributed by atoms with Crippen LogP contribution in [0.2, 0.25) is 0 Å². The minimum Gasteiger partial charge on any atom is -0.330 e. The summed E-state index contributed by atoms with van der Waals surface area (Å²) >= 11 is 1.74. The highest BCUT2D eigenvalue weighted by Gasteiger charge is 1.95. The Morgan fingerprint density at radius 1 is 1.67 bits per heavy atom. The molecule has 0 aliphatic rings. The van der Waals surface area contributed by atoms with Crippen molar-refractivity contribution in [3.05, 3.63) is 16.1 Å². The zero-order valence-corrected chi connectivity index (χ0v) is 8.16. The van der Waals surface area contributed by atoms with Crippen LogP contribution in [0.15, 0.2) is 6.20 Å². The van der Waals surface area contributed by atoms with Crippen LogP contribution in [0.5, 0.6) is 0 Å². The lowest BCUT2D eigenvalue weighted by Crippen LogP contribution is -2.17. The van der Waals surface area contributed by atoms with Gasteiger partial charge in [-0.1, -0.05) is 0 Å². The van der Waals surface area contributed by atoms with Crippen molar-refractivity contribution in [2.45, 2.75) is 19.9 Å². The van der Waals surface area contributed by atoms with Crippen LogP contribution in [0.3, 0.4) is 0 Å². The summed E-state index contributed by atoms with van der Waals surface area (Å²) in [5.74, 6) is 0. The van der Waals surface area contributed by atoms with E-state index in [1.165, 1.54) is 4.88 Å². The van der Waals surface area contributed by atoms with E-state index in [4.69, 9.17) is 5.73 Å². The predicted molar refractivity (Wildman–Crippen MR) is 52.2 cm³/mol. The Morgan fingerprint density at radius 3 is 3.08 bits per heavy atom. The number of aromatic nitrogens is 1. The highest BCUT2D eigenvalue weighted by molar-refractivity contribution is 7.11. The number of aryl methyl sites for hydroxylation is 1. The lowest BCUT2D eigenvalue weighted by molar-refractivity contribution is 0.660. The summed E-state index contributed by atoms with van der Waals surface area (Å²) in [6.07, 6.45) is 2.97. The summed E-state index contributed by atoms with van der Waals surface area (Å²) in [4.78, 5) is 5.47. The molecule has 0 bridgehead atoms. The van der Waals surface area contributed by atoms with Crippen molar-refractivity contribution in [1.82, 2.24) is 10.3 Å². The molecule has 0 aromatic carbocycles. The molecule has 1 aromatic heterocycles. The monoisotopic (exact) mass is 185 g/mol. The van der Waals surface area contributed by atoms with E-state index >= 15 is 0 Å². The Hall–Kier alpha value is -0.450. The molecule has 3 N–H and O–H groups in total. The number of nitrogens with one attached hydrogen (secondary N) is 1. The molecule has 0 spiro atoms. The maximum absolute atomic E-state index is 5.36. The van der Waals surface area contributed by atoms with Crippen molar-refractivity contribution in [2.75, 3.05) is 13.1 Å². The van der Waals surface area contributed by atoms with Crippen molar-refractivity contribution >= 4 is 11.3 Å². The van der Waals surface area contributed by atoms with Crippen LogP contribution in [0.1, 0.15) is 16.3 Å². The number of hydrogen-bond acceptors (Lipinski definition) is 4. The quantitative estimate of drug-likeness (QED) is 0.670. The van der Waals surface area contributed by atoms with Crippen molar-refractivity contribution in [1.29, 1.82) is 0 Å². The lowest BCUT2D eigenvalue weighted by Gasteiger charge is -1.99. The van der Waals surface area contributed by atoms with Crippen LogP contribution in [0.4, 0.5) is 0 Å². The molecule has 0 saturated carbocycles. The molecule has 0 fully saturated rings. The Labute approximate surface area is 77.0 Å². The number of thiazole rings is 1. The van der Waals surface area contributed by atoms with E-state index in [-0.39, 0.29) is 0 Å². The zero-order valence-electron chi connectivity index (χ0n) is 7.34. The fraction of sp³-hybridized carbons (Fsp3) is 0.625. The number of nitrogens with two attached hydrogens (primary N) is 1. The van der Waals surface area contributed by atoms with Gasteiger partial charge in [-0.25, -0.2) is 4.98 Å². The second-order valence-electron chi connectivity index (χ2n) is 2.66. The van der Waals surface area contributed by atoms with E-state index in [0.29, 0.717) is 0 Å². The molecule has 0 atom stereocenters. The van der Waals surface area contributed by atoms with Gasteiger partial charge in [-0.3, -0.25) is 0 Å². The van der Waals surface area contributed by atoms with E-state index in [2.05, 4.69) is 10.3 Å². The molecule has 12 heavy (non-hydrogen) atoms. The molecule has 0 radical (unpaired) electrons. The first kappa shape index (κ1) is 9.64. The maximum Gasteiger partial charge on any atom is 0.0897 e. The molecule has 1 heterocycles. The van der Waals surface area contributed by atoms with Gasteiger partial charge in [0.05, 0.1) is 5.01 Å². The lowest BCUT2D eigenvalue weighted by atomic mass is 10.4. The Kier molecular flexibility index (Phi) is 4.21. The third kappa shape index (κ3) is 3.30. The van der Waals surface area contributed by atoms with E-state index in [1.54, 1.807) is 11.3 Å². The summed E-state index contributed by atoms with van der Waals surface area (Å²) in [5.41, 5.74) is 5.36. The number of nitrogens with zero attached hydrogens (tertiary/aromatic N) is 1. The number of rotatable bonds is 5. The second-order valence-corrected chi connectivity index (χ2v) is 3.98. The van der Waals surface area contributed by atoms with Crippen LogP contribution in [0, 0.1) is 6.92 Å². The maximum atomic E-state index is 5.36. The minimum atomic E-state index is 0.759. The molecule has 0 unspecified atom stereocenters. The molecule has 4 heteroatoms. The first-order valence-electron chi connectivity index (χ1n) is 4.15. The topological polar surface area (TPSA) is 50.9 Å². The van der Waals surface area contributed by atoms with Crippen LogP contribution >= 0.6 is 11.3 Å². The molecule has 0 amide bonds. The summed E-state index contributed by atoms with van der Waals surface area (Å²) in [7, 11) is 0. The fourth-order valence-electron chi connectivity index (χ4n) is 0.926. The molecule has 0 aliphatic heterocycles. The van der Waals surface area contributed by atoms with Crippen molar-refractivity contribution in [3.63, 3.8) is 0 Å².